The zero-order valence-corrected chi connectivity index (χ0v) is 12.6. The van der Waals surface area contributed by atoms with E-state index in [9.17, 15) is 0 Å². The third kappa shape index (κ3) is 4.96. The molecule has 0 unspecified atom stereocenters. The average Bonchev–Trinajstić information content (AvgIpc) is 3.27. The molecule has 112 valence electrons. The molecule has 1 saturated carbocycles. The van der Waals surface area contributed by atoms with Gasteiger partial charge in [-0.2, -0.15) is 0 Å². The van der Waals surface area contributed by atoms with Gasteiger partial charge in [-0.1, -0.05) is 6.92 Å². The van der Waals surface area contributed by atoms with Gasteiger partial charge >= 0.3 is 0 Å². The summed E-state index contributed by atoms with van der Waals surface area (Å²) in [5.74, 6) is 2.69. The summed E-state index contributed by atoms with van der Waals surface area (Å²) in [6, 6.07) is 0. The predicted molar refractivity (Wildman–Crippen MR) is 82.2 cm³/mol. The summed E-state index contributed by atoms with van der Waals surface area (Å²) in [6.45, 7) is 7.78. The third-order valence-corrected chi connectivity index (χ3v) is 3.43. The van der Waals surface area contributed by atoms with Crippen molar-refractivity contribution in [2.75, 3.05) is 36.9 Å². The Bertz CT molecular complexity index is 407. The molecular weight excluding hydrogens is 252 g/mol. The molecule has 1 aromatic rings. The number of nitrogens with one attached hydrogen (secondary N) is 2. The lowest BCUT2D eigenvalue weighted by Gasteiger charge is -2.12. The van der Waals surface area contributed by atoms with E-state index in [0.29, 0.717) is 0 Å². The molecule has 0 bridgehead atoms. The molecule has 0 atom stereocenters. The van der Waals surface area contributed by atoms with E-state index in [4.69, 9.17) is 4.74 Å². The van der Waals surface area contributed by atoms with Crippen LogP contribution < -0.4 is 10.6 Å². The quantitative estimate of drug-likeness (QED) is 0.644. The molecule has 2 rings (SSSR count). The summed E-state index contributed by atoms with van der Waals surface area (Å²) < 4.78 is 5.62. The van der Waals surface area contributed by atoms with E-state index in [-0.39, 0.29) is 0 Å². The van der Waals surface area contributed by atoms with E-state index in [1.54, 1.807) is 6.33 Å². The molecule has 1 aliphatic carbocycles. The van der Waals surface area contributed by atoms with Crippen molar-refractivity contribution in [2.24, 2.45) is 5.92 Å². The van der Waals surface area contributed by atoms with Gasteiger partial charge in [0.25, 0.3) is 0 Å². The minimum Gasteiger partial charge on any atom is -0.381 e. The SMILES string of the molecule is CCCNc1ncnc(NCCCOCC2CC2)c1C. The van der Waals surface area contributed by atoms with E-state index in [1.165, 1.54) is 12.8 Å². The normalized spacial score (nSPS) is 14.3. The number of hydrogen-bond donors (Lipinski definition) is 2. The van der Waals surface area contributed by atoms with Crippen molar-refractivity contribution in [2.45, 2.75) is 39.5 Å². The fourth-order valence-corrected chi connectivity index (χ4v) is 1.97. The van der Waals surface area contributed by atoms with Crippen molar-refractivity contribution in [3.63, 3.8) is 0 Å². The maximum atomic E-state index is 5.62. The largest absolute Gasteiger partial charge is 0.381 e. The Morgan fingerprint density at radius 3 is 2.55 bits per heavy atom. The average molecular weight is 278 g/mol. The predicted octanol–water partition coefficient (Wildman–Crippen LogP) is 2.84. The fourth-order valence-electron chi connectivity index (χ4n) is 1.97. The number of anilines is 2. The zero-order valence-electron chi connectivity index (χ0n) is 12.6. The van der Waals surface area contributed by atoms with E-state index in [0.717, 1.165) is 62.3 Å². The molecule has 0 spiro atoms. The lowest BCUT2D eigenvalue weighted by Crippen LogP contribution is -2.11. The summed E-state index contributed by atoms with van der Waals surface area (Å²) in [7, 11) is 0. The Kier molecular flexibility index (Phi) is 6.05. The molecular formula is C15H26N4O. The van der Waals surface area contributed by atoms with Gasteiger partial charge in [-0.3, -0.25) is 0 Å². The second-order valence-corrected chi connectivity index (χ2v) is 5.42. The van der Waals surface area contributed by atoms with Gasteiger partial charge in [0.05, 0.1) is 0 Å². The number of nitrogens with zero attached hydrogens (tertiary/aromatic N) is 2. The summed E-state index contributed by atoms with van der Waals surface area (Å²) in [6.07, 6.45) is 6.41. The van der Waals surface area contributed by atoms with Crippen LogP contribution in [-0.4, -0.2) is 36.3 Å². The second kappa shape index (κ2) is 8.04. The van der Waals surface area contributed by atoms with Crippen LogP contribution in [-0.2, 0) is 4.74 Å². The first kappa shape index (κ1) is 15.0. The highest BCUT2D eigenvalue weighted by Gasteiger charge is 2.20. The van der Waals surface area contributed by atoms with Crippen LogP contribution in [0.3, 0.4) is 0 Å². The first-order chi connectivity index (χ1) is 9.81. The monoisotopic (exact) mass is 278 g/mol. The molecule has 1 heterocycles. The second-order valence-electron chi connectivity index (χ2n) is 5.42. The van der Waals surface area contributed by atoms with Gasteiger partial charge in [0, 0.05) is 31.9 Å². The Balaban J connectivity index is 1.68. The minimum atomic E-state index is 0.828. The summed E-state index contributed by atoms with van der Waals surface area (Å²) in [5.41, 5.74) is 1.08. The molecule has 0 radical (unpaired) electrons. The number of rotatable bonds is 10. The van der Waals surface area contributed by atoms with Gasteiger partial charge in [0.2, 0.25) is 0 Å². The Morgan fingerprint density at radius 2 is 1.90 bits per heavy atom. The van der Waals surface area contributed by atoms with Crippen molar-refractivity contribution >= 4 is 11.6 Å². The Morgan fingerprint density at radius 1 is 1.20 bits per heavy atom. The van der Waals surface area contributed by atoms with Crippen LogP contribution in [0.15, 0.2) is 6.33 Å². The summed E-state index contributed by atoms with van der Waals surface area (Å²) in [5, 5.41) is 6.68. The van der Waals surface area contributed by atoms with Gasteiger partial charge in [0.15, 0.2) is 0 Å². The highest BCUT2D eigenvalue weighted by atomic mass is 16.5. The number of aromatic nitrogens is 2. The Hall–Kier alpha value is -1.36. The molecule has 1 aliphatic rings. The first-order valence-electron chi connectivity index (χ1n) is 7.68. The molecule has 0 aliphatic heterocycles. The maximum Gasteiger partial charge on any atom is 0.134 e. The highest BCUT2D eigenvalue weighted by molar-refractivity contribution is 5.56. The molecule has 1 fully saturated rings. The van der Waals surface area contributed by atoms with Crippen molar-refractivity contribution in [1.29, 1.82) is 0 Å². The van der Waals surface area contributed by atoms with Crippen molar-refractivity contribution in [3.05, 3.63) is 11.9 Å². The van der Waals surface area contributed by atoms with Crippen LogP contribution >= 0.6 is 0 Å². The number of ether oxygens (including phenoxy) is 1. The van der Waals surface area contributed by atoms with Crippen LogP contribution in [0.25, 0.3) is 0 Å². The lowest BCUT2D eigenvalue weighted by atomic mass is 10.3. The van der Waals surface area contributed by atoms with Gasteiger partial charge in [-0.05, 0) is 38.5 Å². The van der Waals surface area contributed by atoms with Crippen LogP contribution in [0.5, 0.6) is 0 Å². The minimum absolute atomic E-state index is 0.828. The molecule has 0 amide bonds. The van der Waals surface area contributed by atoms with Crippen LogP contribution in [0.2, 0.25) is 0 Å². The molecule has 5 nitrogen and oxygen atoms in total. The van der Waals surface area contributed by atoms with Gasteiger partial charge in [-0.15, -0.1) is 0 Å². The Labute approximate surface area is 121 Å². The van der Waals surface area contributed by atoms with E-state index >= 15 is 0 Å². The van der Waals surface area contributed by atoms with Crippen LogP contribution in [0.4, 0.5) is 11.6 Å². The smallest absolute Gasteiger partial charge is 0.134 e. The van der Waals surface area contributed by atoms with Gasteiger partial charge in [0.1, 0.15) is 18.0 Å². The maximum absolute atomic E-state index is 5.62. The molecule has 5 heteroatoms. The van der Waals surface area contributed by atoms with E-state index in [2.05, 4.69) is 27.5 Å². The summed E-state index contributed by atoms with van der Waals surface area (Å²) in [4.78, 5) is 8.57. The highest BCUT2D eigenvalue weighted by Crippen LogP contribution is 2.28. The zero-order chi connectivity index (χ0) is 14.2. The van der Waals surface area contributed by atoms with Crippen molar-refractivity contribution in [1.82, 2.24) is 9.97 Å². The van der Waals surface area contributed by atoms with E-state index in [1.807, 2.05) is 6.92 Å². The standard InChI is InChI=1S/C15H26N4O/c1-3-7-16-14-12(2)15(19-11-18-14)17-8-4-9-20-10-13-5-6-13/h11,13H,3-10H2,1-2H3,(H2,16,17,18,19). The summed E-state index contributed by atoms with van der Waals surface area (Å²) >= 11 is 0. The molecule has 20 heavy (non-hydrogen) atoms. The van der Waals surface area contributed by atoms with Crippen molar-refractivity contribution < 1.29 is 4.74 Å². The topological polar surface area (TPSA) is 59.1 Å². The van der Waals surface area contributed by atoms with E-state index < -0.39 is 0 Å². The lowest BCUT2D eigenvalue weighted by molar-refractivity contribution is 0.124. The molecule has 0 aromatic carbocycles. The van der Waals surface area contributed by atoms with Crippen LogP contribution in [0.1, 0.15) is 38.2 Å². The molecule has 2 N–H and O–H groups in total. The number of hydrogen-bond acceptors (Lipinski definition) is 5. The third-order valence-electron chi connectivity index (χ3n) is 3.43. The fraction of sp³-hybridized carbons (Fsp3) is 0.733. The van der Waals surface area contributed by atoms with Crippen molar-refractivity contribution in [3.8, 4) is 0 Å². The first-order valence-corrected chi connectivity index (χ1v) is 7.68. The van der Waals surface area contributed by atoms with Gasteiger partial charge < -0.3 is 15.4 Å². The van der Waals surface area contributed by atoms with Crippen LogP contribution in [0, 0.1) is 12.8 Å². The molecule has 1 aromatic heterocycles. The van der Waals surface area contributed by atoms with Gasteiger partial charge in [-0.25, -0.2) is 9.97 Å². The molecule has 0 saturated heterocycles.